The van der Waals surface area contributed by atoms with Crippen LogP contribution in [0, 0.1) is 0 Å². The molecule has 0 spiro atoms. The summed E-state index contributed by atoms with van der Waals surface area (Å²) in [5.74, 6) is -5.65. The molecule has 21 heavy (non-hydrogen) atoms. The quantitative estimate of drug-likeness (QED) is 0.595. The minimum atomic E-state index is -5.69. The van der Waals surface area contributed by atoms with Crippen molar-refractivity contribution in [1.82, 2.24) is 4.57 Å². The molecule has 0 amide bonds. The lowest BCUT2D eigenvalue weighted by Gasteiger charge is -2.24. The molecule has 0 saturated heterocycles. The Kier molecular flexibility index (Phi) is 3.90. The molecule has 1 heterocycles. The third-order valence-corrected chi connectivity index (χ3v) is 4.10. The second-order valence-electron chi connectivity index (χ2n) is 4.32. The molecule has 1 atom stereocenters. The zero-order chi connectivity index (χ0) is 16.0. The van der Waals surface area contributed by atoms with E-state index >= 15 is 0 Å². The summed E-state index contributed by atoms with van der Waals surface area (Å²) < 4.78 is 69.7. The Bertz CT molecular complexity index is 718. The molecule has 9 heteroatoms. The van der Waals surface area contributed by atoms with Crippen LogP contribution in [-0.4, -0.2) is 16.7 Å². The van der Waals surface area contributed by atoms with Crippen LogP contribution in [0.15, 0.2) is 27.4 Å². The number of fused-ring (bicyclic) bond motifs is 1. The van der Waals surface area contributed by atoms with E-state index in [0.29, 0.717) is 12.1 Å². The Balaban J connectivity index is 2.51. The maximum Gasteiger partial charge on any atom is 0.454 e. The first-order chi connectivity index (χ1) is 9.59. The predicted molar refractivity (Wildman–Crippen MR) is 68.8 cm³/mol. The monoisotopic (exact) mass is 373 g/mol. The first-order valence-electron chi connectivity index (χ1n) is 5.81. The van der Waals surface area contributed by atoms with Gasteiger partial charge in [0.15, 0.2) is 5.58 Å². The topological polar surface area (TPSA) is 35.1 Å². The summed E-state index contributed by atoms with van der Waals surface area (Å²) in [6.45, 7) is 1.97. The van der Waals surface area contributed by atoms with Crippen molar-refractivity contribution in [3.8, 4) is 0 Å². The molecule has 0 radical (unpaired) electrons. The number of rotatable bonds is 3. The molecule has 0 bridgehead atoms. The van der Waals surface area contributed by atoms with E-state index in [1.54, 1.807) is 6.92 Å². The van der Waals surface area contributed by atoms with Gasteiger partial charge in [0.25, 0.3) is 0 Å². The molecular weight excluding hydrogens is 365 g/mol. The maximum absolute atomic E-state index is 13.3. The smallest absolute Gasteiger partial charge is 0.408 e. The van der Waals surface area contributed by atoms with E-state index in [9.17, 15) is 26.7 Å². The highest BCUT2D eigenvalue weighted by molar-refractivity contribution is 9.09. The molecule has 1 unspecified atom stereocenters. The van der Waals surface area contributed by atoms with Crippen molar-refractivity contribution in [2.24, 2.45) is 0 Å². The van der Waals surface area contributed by atoms with Crippen molar-refractivity contribution in [2.45, 2.75) is 30.4 Å². The van der Waals surface area contributed by atoms with Crippen molar-refractivity contribution in [2.75, 3.05) is 0 Å². The van der Waals surface area contributed by atoms with Crippen LogP contribution in [0.3, 0.4) is 0 Å². The first kappa shape index (κ1) is 16.0. The van der Waals surface area contributed by atoms with Crippen molar-refractivity contribution in [3.63, 3.8) is 0 Å². The average molecular weight is 374 g/mol. The van der Waals surface area contributed by atoms with Crippen LogP contribution in [-0.2, 0) is 6.54 Å². The van der Waals surface area contributed by atoms with Gasteiger partial charge >= 0.3 is 17.9 Å². The molecule has 0 aliphatic carbocycles. The van der Waals surface area contributed by atoms with E-state index in [0.717, 1.165) is 12.1 Å². The van der Waals surface area contributed by atoms with Gasteiger partial charge in [-0.15, -0.1) is 0 Å². The van der Waals surface area contributed by atoms with Gasteiger partial charge in [-0.1, -0.05) is 22.0 Å². The lowest BCUT2D eigenvalue weighted by atomic mass is 10.1. The zero-order valence-electron chi connectivity index (χ0n) is 10.5. The standard InChI is InChI=1S/C12H9BrF5NO2/c1-2-19-7-4-3-6(5-8(7)21-10(19)20)9(13)11(14,15)12(16,17)18/h3-5,9H,2H2,1H3. The number of halogens is 6. The van der Waals surface area contributed by atoms with Gasteiger partial charge in [-0.05, 0) is 24.6 Å². The van der Waals surface area contributed by atoms with Gasteiger partial charge in [-0.3, -0.25) is 4.57 Å². The van der Waals surface area contributed by atoms with Gasteiger partial charge in [0.1, 0.15) is 4.83 Å². The van der Waals surface area contributed by atoms with E-state index in [1.807, 2.05) is 0 Å². The summed E-state index contributed by atoms with van der Waals surface area (Å²) in [5.41, 5.74) is -0.0372. The largest absolute Gasteiger partial charge is 0.454 e. The van der Waals surface area contributed by atoms with Gasteiger partial charge in [-0.2, -0.15) is 22.0 Å². The molecule has 116 valence electrons. The summed E-state index contributed by atoms with van der Waals surface area (Å²) in [6, 6.07) is 3.38. The molecule has 1 aromatic carbocycles. The van der Waals surface area contributed by atoms with Crippen LogP contribution in [0.4, 0.5) is 22.0 Å². The number of oxazole rings is 1. The highest BCUT2D eigenvalue weighted by Crippen LogP contribution is 2.49. The number of nitrogens with zero attached hydrogens (tertiary/aromatic N) is 1. The van der Waals surface area contributed by atoms with E-state index in [4.69, 9.17) is 4.42 Å². The number of aryl methyl sites for hydroxylation is 1. The van der Waals surface area contributed by atoms with Crippen molar-refractivity contribution in [1.29, 1.82) is 0 Å². The SMILES string of the molecule is CCn1c(=O)oc2cc(C(Br)C(F)(F)C(F)(F)F)ccc21. The van der Waals surface area contributed by atoms with E-state index in [-0.39, 0.29) is 11.1 Å². The Morgan fingerprint density at radius 2 is 1.90 bits per heavy atom. The molecule has 3 nitrogen and oxygen atoms in total. The molecule has 2 rings (SSSR count). The maximum atomic E-state index is 13.3. The number of benzene rings is 1. The summed E-state index contributed by atoms with van der Waals surface area (Å²) in [5, 5.41) is 0. The lowest BCUT2D eigenvalue weighted by Crippen LogP contribution is -2.39. The van der Waals surface area contributed by atoms with Gasteiger partial charge in [0, 0.05) is 6.54 Å². The first-order valence-corrected chi connectivity index (χ1v) is 6.73. The van der Waals surface area contributed by atoms with E-state index in [2.05, 4.69) is 15.9 Å². The predicted octanol–water partition coefficient (Wildman–Crippen LogP) is 4.25. The van der Waals surface area contributed by atoms with Crippen molar-refractivity contribution < 1.29 is 26.4 Å². The minimum Gasteiger partial charge on any atom is -0.408 e. The summed E-state index contributed by atoms with van der Waals surface area (Å²) in [4.78, 5) is 9.19. The summed E-state index contributed by atoms with van der Waals surface area (Å²) >= 11 is 2.37. The van der Waals surface area contributed by atoms with Crippen LogP contribution in [0.2, 0.25) is 0 Å². The molecular formula is C12H9BrF5NO2. The molecule has 0 saturated carbocycles. The van der Waals surface area contributed by atoms with E-state index < -0.39 is 22.7 Å². The Labute approximate surface area is 123 Å². The molecule has 1 aromatic heterocycles. The van der Waals surface area contributed by atoms with Crippen LogP contribution < -0.4 is 5.76 Å². The molecule has 0 aliphatic rings. The zero-order valence-corrected chi connectivity index (χ0v) is 12.1. The fourth-order valence-electron chi connectivity index (χ4n) is 1.89. The molecule has 0 N–H and O–H groups in total. The highest BCUT2D eigenvalue weighted by atomic mass is 79.9. The molecule has 0 aliphatic heterocycles. The van der Waals surface area contributed by atoms with Crippen molar-refractivity contribution in [3.05, 3.63) is 34.3 Å². The Morgan fingerprint density at radius 1 is 1.29 bits per heavy atom. The van der Waals surface area contributed by atoms with Crippen LogP contribution in [0.25, 0.3) is 11.1 Å². The lowest BCUT2D eigenvalue weighted by molar-refractivity contribution is -0.281. The van der Waals surface area contributed by atoms with Crippen molar-refractivity contribution >= 4 is 27.0 Å². The third kappa shape index (κ3) is 2.58. The van der Waals surface area contributed by atoms with Gasteiger partial charge < -0.3 is 4.42 Å². The second kappa shape index (κ2) is 5.11. The number of hydrogen-bond acceptors (Lipinski definition) is 2. The Morgan fingerprint density at radius 3 is 2.43 bits per heavy atom. The number of alkyl halides is 6. The Hall–Kier alpha value is -1.38. The molecule has 0 fully saturated rings. The minimum absolute atomic E-state index is 0.0400. The van der Waals surface area contributed by atoms with Crippen LogP contribution in [0.1, 0.15) is 17.3 Å². The van der Waals surface area contributed by atoms with E-state index in [1.165, 1.54) is 10.6 Å². The van der Waals surface area contributed by atoms with Gasteiger partial charge in [0.2, 0.25) is 0 Å². The second-order valence-corrected chi connectivity index (χ2v) is 5.24. The average Bonchev–Trinajstić information content (AvgIpc) is 2.70. The van der Waals surface area contributed by atoms with Gasteiger partial charge in [0.05, 0.1) is 5.52 Å². The summed E-state index contributed by atoms with van der Waals surface area (Å²) in [7, 11) is 0. The third-order valence-electron chi connectivity index (χ3n) is 3.00. The van der Waals surface area contributed by atoms with Crippen LogP contribution in [0.5, 0.6) is 0 Å². The molecule has 2 aromatic rings. The highest BCUT2D eigenvalue weighted by Gasteiger charge is 2.62. The normalized spacial score (nSPS) is 14.6. The number of hydrogen-bond donors (Lipinski definition) is 0. The van der Waals surface area contributed by atoms with Gasteiger partial charge in [-0.25, -0.2) is 4.79 Å². The van der Waals surface area contributed by atoms with Crippen LogP contribution >= 0.6 is 15.9 Å². The fraction of sp³-hybridized carbons (Fsp3) is 0.417. The summed E-state index contributed by atoms with van der Waals surface area (Å²) in [6.07, 6.45) is -5.69. The number of aromatic nitrogens is 1. The fourth-order valence-corrected chi connectivity index (χ4v) is 2.44.